The van der Waals surface area contributed by atoms with Gasteiger partial charge >= 0.3 is 0 Å². The van der Waals surface area contributed by atoms with Gasteiger partial charge in [0.2, 0.25) is 10.0 Å². The highest BCUT2D eigenvalue weighted by molar-refractivity contribution is 7.89. The fraction of sp³-hybridized carbons (Fsp3) is 0.333. The first-order valence-corrected chi connectivity index (χ1v) is 9.97. The maximum atomic E-state index is 13.1. The number of rotatable bonds is 4. The van der Waals surface area contributed by atoms with Crippen molar-refractivity contribution >= 4 is 20.8 Å². The zero-order valence-electron chi connectivity index (χ0n) is 14.6. The summed E-state index contributed by atoms with van der Waals surface area (Å²) >= 11 is 0. The first-order chi connectivity index (χ1) is 12.5. The van der Waals surface area contributed by atoms with Gasteiger partial charge in [0.15, 0.2) is 0 Å². The molecule has 8 heteroatoms. The molecule has 0 saturated carbocycles. The molecule has 0 spiro atoms. The zero-order chi connectivity index (χ0) is 18.3. The molecular formula is C18H20N4O3S. The molecule has 1 aliphatic rings. The maximum absolute atomic E-state index is 13.1. The minimum absolute atomic E-state index is 0.238. The van der Waals surface area contributed by atoms with Gasteiger partial charge in [0.1, 0.15) is 17.4 Å². The molecule has 0 fully saturated rings. The van der Waals surface area contributed by atoms with Crippen LogP contribution >= 0.6 is 0 Å². The number of hydrogen-bond donors (Lipinski definition) is 1. The van der Waals surface area contributed by atoms with Crippen molar-refractivity contribution in [3.63, 3.8) is 0 Å². The van der Waals surface area contributed by atoms with Crippen LogP contribution in [0.15, 0.2) is 41.3 Å². The smallest absolute Gasteiger partial charge is 0.241 e. The monoisotopic (exact) mass is 372 g/mol. The van der Waals surface area contributed by atoms with Crippen LogP contribution in [0.5, 0.6) is 5.75 Å². The maximum Gasteiger partial charge on any atom is 0.241 e. The van der Waals surface area contributed by atoms with Gasteiger partial charge < -0.3 is 4.74 Å². The van der Waals surface area contributed by atoms with Crippen LogP contribution in [0.1, 0.15) is 30.5 Å². The van der Waals surface area contributed by atoms with Crippen LogP contribution in [0, 0.1) is 6.92 Å². The van der Waals surface area contributed by atoms with Crippen LogP contribution in [0.4, 0.5) is 0 Å². The van der Waals surface area contributed by atoms with Crippen molar-refractivity contribution < 1.29 is 13.2 Å². The van der Waals surface area contributed by atoms with E-state index in [0.717, 1.165) is 18.4 Å². The van der Waals surface area contributed by atoms with E-state index in [4.69, 9.17) is 4.74 Å². The van der Waals surface area contributed by atoms with Crippen LogP contribution in [-0.2, 0) is 16.6 Å². The Bertz CT molecular complexity index is 1080. The van der Waals surface area contributed by atoms with Crippen molar-refractivity contribution in [2.45, 2.75) is 37.2 Å². The molecule has 1 aliphatic heterocycles. The van der Waals surface area contributed by atoms with Gasteiger partial charge in [0.25, 0.3) is 0 Å². The Morgan fingerprint density at radius 3 is 2.73 bits per heavy atom. The van der Waals surface area contributed by atoms with E-state index in [-0.39, 0.29) is 10.9 Å². The number of nitrogens with zero attached hydrogens (tertiary/aromatic N) is 3. The van der Waals surface area contributed by atoms with Gasteiger partial charge in [-0.2, -0.15) is 5.10 Å². The van der Waals surface area contributed by atoms with E-state index >= 15 is 0 Å². The first-order valence-electron chi connectivity index (χ1n) is 8.49. The van der Waals surface area contributed by atoms with Gasteiger partial charge in [-0.1, -0.05) is 24.3 Å². The van der Waals surface area contributed by atoms with Crippen LogP contribution in [-0.4, -0.2) is 30.3 Å². The van der Waals surface area contributed by atoms with Crippen molar-refractivity contribution in [1.82, 2.24) is 19.5 Å². The lowest BCUT2D eigenvalue weighted by molar-refractivity contribution is 0.399. The summed E-state index contributed by atoms with van der Waals surface area (Å²) in [7, 11) is -2.16. The summed E-state index contributed by atoms with van der Waals surface area (Å²) in [6.45, 7) is 2.58. The van der Waals surface area contributed by atoms with Gasteiger partial charge in [0.05, 0.1) is 18.0 Å². The van der Waals surface area contributed by atoms with Crippen molar-refractivity contribution in [2.75, 3.05) is 7.11 Å². The predicted octanol–water partition coefficient (Wildman–Crippen LogP) is 2.56. The molecule has 1 N–H and O–H groups in total. The van der Waals surface area contributed by atoms with E-state index < -0.39 is 10.0 Å². The molecule has 3 aromatic rings. The third kappa shape index (κ3) is 2.85. The summed E-state index contributed by atoms with van der Waals surface area (Å²) in [4.78, 5) is 4.64. The minimum atomic E-state index is -3.73. The highest BCUT2D eigenvalue weighted by Crippen LogP contribution is 2.32. The molecule has 2 aromatic carbocycles. The van der Waals surface area contributed by atoms with E-state index in [1.165, 1.54) is 0 Å². The van der Waals surface area contributed by atoms with Crippen LogP contribution in [0.2, 0.25) is 0 Å². The van der Waals surface area contributed by atoms with E-state index in [0.29, 0.717) is 29.2 Å². The second kappa shape index (κ2) is 6.37. The number of aryl methyl sites for hydroxylation is 2. The molecule has 0 unspecified atom stereocenters. The number of fused-ring (bicyclic) bond motifs is 2. The summed E-state index contributed by atoms with van der Waals surface area (Å²) in [5.74, 6) is 1.98. The molecule has 0 amide bonds. The standard InChI is InChI=1S/C18H20N4O3S/c1-12-19-18-15(8-5-11-22(18)20-12)21-26(23,24)17-10-9-16(25-2)13-6-3-4-7-14(13)17/h3-4,6-7,9-10,15,21H,5,8,11H2,1-2H3/t15-/m0/s1. The lowest BCUT2D eigenvalue weighted by atomic mass is 10.1. The lowest BCUT2D eigenvalue weighted by Gasteiger charge is -2.23. The quantitative estimate of drug-likeness (QED) is 0.761. The second-order valence-corrected chi connectivity index (χ2v) is 8.05. The molecule has 1 aromatic heterocycles. The molecule has 26 heavy (non-hydrogen) atoms. The topological polar surface area (TPSA) is 86.1 Å². The van der Waals surface area contributed by atoms with E-state index in [1.807, 2.05) is 25.1 Å². The Labute approximate surface area is 152 Å². The fourth-order valence-corrected chi connectivity index (χ4v) is 4.93. The number of aromatic nitrogens is 3. The van der Waals surface area contributed by atoms with Gasteiger partial charge in [-0.05, 0) is 31.9 Å². The SMILES string of the molecule is COc1ccc(S(=O)(=O)N[C@H]2CCCn3nc(C)nc32)c2ccccc12. The third-order valence-corrected chi connectivity index (χ3v) is 6.16. The van der Waals surface area contributed by atoms with E-state index in [1.54, 1.807) is 30.0 Å². The van der Waals surface area contributed by atoms with Crippen molar-refractivity contribution in [2.24, 2.45) is 0 Å². The van der Waals surface area contributed by atoms with E-state index in [2.05, 4.69) is 14.8 Å². The highest BCUT2D eigenvalue weighted by Gasteiger charge is 2.29. The summed E-state index contributed by atoms with van der Waals surface area (Å²) < 4.78 is 36.2. The Balaban J connectivity index is 1.76. The number of nitrogens with one attached hydrogen (secondary N) is 1. The number of sulfonamides is 1. The second-order valence-electron chi connectivity index (χ2n) is 6.37. The Morgan fingerprint density at radius 1 is 1.19 bits per heavy atom. The zero-order valence-corrected chi connectivity index (χ0v) is 15.5. The molecule has 7 nitrogen and oxygen atoms in total. The molecule has 0 radical (unpaired) electrons. The summed E-state index contributed by atoms with van der Waals surface area (Å²) in [6.07, 6.45) is 1.55. The molecular weight excluding hydrogens is 352 g/mol. The number of ether oxygens (including phenoxy) is 1. The van der Waals surface area contributed by atoms with Crippen molar-refractivity contribution in [3.05, 3.63) is 48.0 Å². The van der Waals surface area contributed by atoms with Crippen LogP contribution in [0.25, 0.3) is 10.8 Å². The Morgan fingerprint density at radius 2 is 1.96 bits per heavy atom. The Hall–Kier alpha value is -2.45. The highest BCUT2D eigenvalue weighted by atomic mass is 32.2. The van der Waals surface area contributed by atoms with Crippen molar-refractivity contribution in [3.8, 4) is 5.75 Å². The first kappa shape index (κ1) is 17.0. The average Bonchev–Trinajstić information content (AvgIpc) is 3.02. The van der Waals surface area contributed by atoms with E-state index in [9.17, 15) is 8.42 Å². The van der Waals surface area contributed by atoms with Crippen LogP contribution in [0.3, 0.4) is 0 Å². The number of benzene rings is 2. The summed E-state index contributed by atoms with van der Waals surface area (Å²) in [5, 5.41) is 5.73. The molecule has 0 bridgehead atoms. The normalized spacial score (nSPS) is 17.2. The van der Waals surface area contributed by atoms with Gasteiger partial charge in [-0.3, -0.25) is 0 Å². The third-order valence-electron chi connectivity index (χ3n) is 4.63. The molecule has 0 aliphatic carbocycles. The fourth-order valence-electron chi connectivity index (χ4n) is 3.49. The van der Waals surface area contributed by atoms with Gasteiger partial charge in [-0.25, -0.2) is 22.8 Å². The summed E-state index contributed by atoms with van der Waals surface area (Å²) in [5.41, 5.74) is 0. The molecule has 4 rings (SSSR count). The molecule has 1 atom stereocenters. The lowest BCUT2D eigenvalue weighted by Crippen LogP contribution is -2.33. The van der Waals surface area contributed by atoms with Gasteiger partial charge in [-0.15, -0.1) is 0 Å². The number of hydrogen-bond acceptors (Lipinski definition) is 5. The molecule has 0 saturated heterocycles. The van der Waals surface area contributed by atoms with Gasteiger partial charge in [0, 0.05) is 17.3 Å². The predicted molar refractivity (Wildman–Crippen MR) is 97.6 cm³/mol. The number of methoxy groups -OCH3 is 1. The minimum Gasteiger partial charge on any atom is -0.496 e. The largest absolute Gasteiger partial charge is 0.496 e. The molecule has 2 heterocycles. The Kier molecular flexibility index (Phi) is 4.16. The average molecular weight is 372 g/mol. The summed E-state index contributed by atoms with van der Waals surface area (Å²) in [6, 6.07) is 10.2. The molecule has 136 valence electrons. The van der Waals surface area contributed by atoms with Crippen LogP contribution < -0.4 is 9.46 Å². The van der Waals surface area contributed by atoms with Crippen molar-refractivity contribution in [1.29, 1.82) is 0 Å².